The summed E-state index contributed by atoms with van der Waals surface area (Å²) < 4.78 is 39.2. The largest absolute Gasteiger partial charge is 0.394 e. The Kier molecular flexibility index (Phi) is 5.35. The Morgan fingerprint density at radius 1 is 1.15 bits per heavy atom. The first-order valence-corrected chi connectivity index (χ1v) is 7.91. The summed E-state index contributed by atoms with van der Waals surface area (Å²) >= 11 is 0. The van der Waals surface area contributed by atoms with Crippen molar-refractivity contribution >= 4 is 0 Å². The molecule has 0 radical (unpaired) electrons. The number of hydrogen-bond donors (Lipinski definition) is 1. The van der Waals surface area contributed by atoms with Crippen molar-refractivity contribution in [2.45, 2.75) is 51.7 Å². The van der Waals surface area contributed by atoms with Crippen LogP contribution in [0.25, 0.3) is 0 Å². The summed E-state index contributed by atoms with van der Waals surface area (Å²) in [6.07, 6.45) is 0.538. The Bertz CT molecular complexity index is 304. The van der Waals surface area contributed by atoms with Crippen molar-refractivity contribution < 1.29 is 13.2 Å². The smallest absolute Gasteiger partial charge is 0.315 e. The van der Waals surface area contributed by atoms with E-state index in [1.807, 2.05) is 0 Å². The lowest BCUT2D eigenvalue weighted by molar-refractivity contribution is -0.178. The van der Waals surface area contributed by atoms with Gasteiger partial charge in [0.1, 0.15) is 0 Å². The normalized spacial score (nSPS) is 34.2. The topological polar surface area (TPSA) is 15.3 Å². The molecule has 1 N–H and O–H groups in total. The minimum atomic E-state index is -4.09. The van der Waals surface area contributed by atoms with E-state index in [2.05, 4.69) is 24.1 Å². The summed E-state index contributed by atoms with van der Waals surface area (Å²) in [6, 6.07) is 0.341. The summed E-state index contributed by atoms with van der Waals surface area (Å²) in [6.45, 7) is 6.08. The van der Waals surface area contributed by atoms with Gasteiger partial charge in [-0.2, -0.15) is 13.2 Å². The molecule has 5 heteroatoms. The van der Waals surface area contributed by atoms with Crippen LogP contribution in [0.1, 0.15) is 39.5 Å². The highest BCUT2D eigenvalue weighted by Gasteiger charge is 2.43. The number of halogens is 3. The molecule has 1 aliphatic carbocycles. The van der Waals surface area contributed by atoms with Crippen molar-refractivity contribution in [1.29, 1.82) is 0 Å². The predicted octanol–water partition coefficient (Wildman–Crippen LogP) is 3.28. The van der Waals surface area contributed by atoms with E-state index in [-0.39, 0.29) is 13.1 Å². The lowest BCUT2D eigenvalue weighted by Gasteiger charge is -2.42. The Morgan fingerprint density at radius 3 is 2.50 bits per heavy atom. The minimum absolute atomic E-state index is 0.0685. The highest BCUT2D eigenvalue weighted by Crippen LogP contribution is 2.35. The first-order valence-electron chi connectivity index (χ1n) is 7.91. The van der Waals surface area contributed by atoms with Gasteiger partial charge in [0.2, 0.25) is 0 Å². The Balaban J connectivity index is 2.08. The lowest BCUT2D eigenvalue weighted by atomic mass is 9.77. The van der Waals surface area contributed by atoms with Crippen LogP contribution in [-0.4, -0.2) is 43.3 Å². The van der Waals surface area contributed by atoms with Crippen molar-refractivity contribution in [3.8, 4) is 0 Å². The van der Waals surface area contributed by atoms with E-state index in [0.29, 0.717) is 24.4 Å². The van der Waals surface area contributed by atoms with Crippen molar-refractivity contribution in [3.05, 3.63) is 0 Å². The Morgan fingerprint density at radius 2 is 1.85 bits per heavy atom. The molecule has 0 aromatic heterocycles. The average Bonchev–Trinajstić information content (AvgIpc) is 2.64. The third-order valence-corrected chi connectivity index (χ3v) is 4.99. The highest BCUT2D eigenvalue weighted by atomic mass is 19.4. The molecule has 1 saturated carbocycles. The maximum Gasteiger partial charge on any atom is 0.394 e. The van der Waals surface area contributed by atoms with Gasteiger partial charge in [0.05, 0.1) is 5.92 Å². The van der Waals surface area contributed by atoms with E-state index in [1.54, 1.807) is 0 Å². The number of alkyl halides is 3. The highest BCUT2D eigenvalue weighted by molar-refractivity contribution is 4.89. The molecule has 0 aromatic rings. The van der Waals surface area contributed by atoms with E-state index in [4.69, 9.17) is 0 Å². The van der Waals surface area contributed by atoms with Gasteiger partial charge in [0, 0.05) is 32.2 Å². The SMILES string of the molecule is CC(C)C1CCCCC1N1CCNCC(C(F)(F)F)C1. The van der Waals surface area contributed by atoms with E-state index >= 15 is 0 Å². The molecule has 2 nitrogen and oxygen atoms in total. The zero-order chi connectivity index (χ0) is 14.8. The van der Waals surface area contributed by atoms with Crippen molar-refractivity contribution in [3.63, 3.8) is 0 Å². The van der Waals surface area contributed by atoms with Crippen LogP contribution in [0.2, 0.25) is 0 Å². The molecule has 0 spiro atoms. The van der Waals surface area contributed by atoms with Crippen LogP contribution in [0.5, 0.6) is 0 Å². The van der Waals surface area contributed by atoms with Gasteiger partial charge in [-0.05, 0) is 24.7 Å². The van der Waals surface area contributed by atoms with Gasteiger partial charge in [-0.1, -0.05) is 26.7 Å². The molecule has 0 amide bonds. The van der Waals surface area contributed by atoms with E-state index in [9.17, 15) is 13.2 Å². The molecule has 0 bridgehead atoms. The molecule has 2 fully saturated rings. The van der Waals surface area contributed by atoms with Crippen molar-refractivity contribution in [2.24, 2.45) is 17.8 Å². The van der Waals surface area contributed by atoms with Gasteiger partial charge >= 0.3 is 6.18 Å². The molecule has 2 aliphatic rings. The summed E-state index contributed by atoms with van der Waals surface area (Å²) in [7, 11) is 0. The third kappa shape index (κ3) is 3.88. The molecule has 2 rings (SSSR count). The van der Waals surface area contributed by atoms with Crippen LogP contribution < -0.4 is 5.32 Å². The van der Waals surface area contributed by atoms with Crippen molar-refractivity contribution in [2.75, 3.05) is 26.2 Å². The van der Waals surface area contributed by atoms with Crippen LogP contribution in [0.3, 0.4) is 0 Å². The van der Waals surface area contributed by atoms with Crippen LogP contribution >= 0.6 is 0 Å². The van der Waals surface area contributed by atoms with Gasteiger partial charge < -0.3 is 5.32 Å². The maximum absolute atomic E-state index is 13.1. The summed E-state index contributed by atoms with van der Waals surface area (Å²) in [5, 5.41) is 2.96. The number of nitrogens with zero attached hydrogens (tertiary/aromatic N) is 1. The first-order chi connectivity index (χ1) is 9.39. The Labute approximate surface area is 120 Å². The predicted molar refractivity (Wildman–Crippen MR) is 74.6 cm³/mol. The first kappa shape index (κ1) is 16.1. The standard InChI is InChI=1S/C15H27F3N2/c1-11(2)13-5-3-4-6-14(13)20-8-7-19-9-12(10-20)15(16,17)18/h11-14,19H,3-10H2,1-2H3. The third-order valence-electron chi connectivity index (χ3n) is 4.99. The number of rotatable bonds is 2. The van der Waals surface area contributed by atoms with Gasteiger partial charge in [0.15, 0.2) is 0 Å². The van der Waals surface area contributed by atoms with Gasteiger partial charge in [-0.15, -0.1) is 0 Å². The molecule has 1 saturated heterocycles. The van der Waals surface area contributed by atoms with Crippen LogP contribution in [-0.2, 0) is 0 Å². The molecule has 3 unspecified atom stereocenters. The average molecular weight is 292 g/mol. The van der Waals surface area contributed by atoms with E-state index < -0.39 is 12.1 Å². The van der Waals surface area contributed by atoms with Gasteiger partial charge in [0.25, 0.3) is 0 Å². The van der Waals surface area contributed by atoms with Crippen LogP contribution in [0.15, 0.2) is 0 Å². The van der Waals surface area contributed by atoms with Gasteiger partial charge in [-0.3, -0.25) is 4.90 Å². The fourth-order valence-corrected chi connectivity index (χ4v) is 3.83. The molecule has 20 heavy (non-hydrogen) atoms. The zero-order valence-electron chi connectivity index (χ0n) is 12.5. The fraction of sp³-hybridized carbons (Fsp3) is 1.00. The second kappa shape index (κ2) is 6.65. The molecule has 1 aliphatic heterocycles. The van der Waals surface area contributed by atoms with Gasteiger partial charge in [-0.25, -0.2) is 0 Å². The summed E-state index contributed by atoms with van der Waals surface area (Å²) in [4.78, 5) is 2.13. The molecule has 118 valence electrons. The van der Waals surface area contributed by atoms with E-state index in [1.165, 1.54) is 12.8 Å². The quantitative estimate of drug-likeness (QED) is 0.840. The second-order valence-corrected chi connectivity index (χ2v) is 6.70. The summed E-state index contributed by atoms with van der Waals surface area (Å²) in [5.41, 5.74) is 0. The minimum Gasteiger partial charge on any atom is -0.315 e. The molecular formula is C15H27F3N2. The lowest BCUT2D eigenvalue weighted by Crippen LogP contribution is -2.48. The summed E-state index contributed by atoms with van der Waals surface area (Å²) in [5.74, 6) is -0.115. The second-order valence-electron chi connectivity index (χ2n) is 6.70. The van der Waals surface area contributed by atoms with E-state index in [0.717, 1.165) is 19.4 Å². The van der Waals surface area contributed by atoms with Crippen LogP contribution in [0, 0.1) is 17.8 Å². The monoisotopic (exact) mass is 292 g/mol. The zero-order valence-corrected chi connectivity index (χ0v) is 12.5. The fourth-order valence-electron chi connectivity index (χ4n) is 3.83. The molecule has 0 aromatic carbocycles. The molecule has 1 heterocycles. The number of nitrogens with one attached hydrogen (secondary N) is 1. The maximum atomic E-state index is 13.1. The number of hydrogen-bond acceptors (Lipinski definition) is 2. The molecule has 3 atom stereocenters. The molecular weight excluding hydrogens is 265 g/mol. The van der Waals surface area contributed by atoms with Crippen LogP contribution in [0.4, 0.5) is 13.2 Å². The van der Waals surface area contributed by atoms with Crippen molar-refractivity contribution in [1.82, 2.24) is 10.2 Å². The Hall–Kier alpha value is -0.290.